The third-order valence-electron chi connectivity index (χ3n) is 6.18. The number of halogens is 1. The lowest BCUT2D eigenvalue weighted by Gasteiger charge is -2.28. The van der Waals surface area contributed by atoms with E-state index in [0.29, 0.717) is 37.1 Å². The molecule has 0 bridgehead atoms. The van der Waals surface area contributed by atoms with Gasteiger partial charge < -0.3 is 20.3 Å². The molecule has 3 amide bonds. The molecule has 2 heterocycles. The molecule has 3 N–H and O–H groups in total. The monoisotopic (exact) mass is 489 g/mol. The molecule has 34 heavy (non-hydrogen) atoms. The lowest BCUT2D eigenvalue weighted by molar-refractivity contribution is -0.120. The molecule has 2 fully saturated rings. The number of rotatable bonds is 6. The molecule has 0 spiro atoms. The fraction of sp³-hybridized carbons (Fsp3) is 0.542. The molecule has 2 aromatic rings. The van der Waals surface area contributed by atoms with E-state index in [1.54, 1.807) is 26.0 Å². The number of urea groups is 1. The van der Waals surface area contributed by atoms with Crippen LogP contribution in [0.3, 0.4) is 0 Å². The molecule has 0 unspecified atom stereocenters. The molecule has 1 aliphatic heterocycles. The summed E-state index contributed by atoms with van der Waals surface area (Å²) in [6, 6.07) is 5.97. The first kappa shape index (κ1) is 24.4. The first-order valence-electron chi connectivity index (χ1n) is 11.8. The fourth-order valence-electron chi connectivity index (χ4n) is 4.20. The van der Waals surface area contributed by atoms with Gasteiger partial charge in [0.05, 0.1) is 13.2 Å². The van der Waals surface area contributed by atoms with Gasteiger partial charge >= 0.3 is 6.03 Å². The zero-order valence-corrected chi connectivity index (χ0v) is 20.5. The fourth-order valence-corrected chi connectivity index (χ4v) is 5.24. The van der Waals surface area contributed by atoms with Crippen molar-refractivity contribution in [3.8, 4) is 11.3 Å². The second-order valence-electron chi connectivity index (χ2n) is 9.29. The Kier molecular flexibility index (Phi) is 7.67. The normalized spacial score (nSPS) is 17.3. The number of carbonyl (C=O) groups is 2. The summed E-state index contributed by atoms with van der Waals surface area (Å²) >= 11 is 1.36. The Morgan fingerprint density at radius 2 is 1.79 bits per heavy atom. The quantitative estimate of drug-likeness (QED) is 0.567. The van der Waals surface area contributed by atoms with Crippen LogP contribution in [-0.4, -0.2) is 54.8 Å². The van der Waals surface area contributed by atoms with Gasteiger partial charge in [0.25, 0.3) is 5.91 Å². The third-order valence-corrected chi connectivity index (χ3v) is 7.21. The number of hydrogen-bond acceptors (Lipinski definition) is 6. The van der Waals surface area contributed by atoms with Crippen molar-refractivity contribution < 1.29 is 18.7 Å². The van der Waals surface area contributed by atoms with Gasteiger partial charge in [0, 0.05) is 24.7 Å². The molecule has 1 saturated carbocycles. The Hall–Kier alpha value is -2.72. The van der Waals surface area contributed by atoms with Gasteiger partial charge in [0.2, 0.25) is 0 Å². The summed E-state index contributed by atoms with van der Waals surface area (Å²) in [5.41, 5.74) is 0.312. The van der Waals surface area contributed by atoms with Crippen LogP contribution in [0, 0.1) is 5.82 Å². The van der Waals surface area contributed by atoms with E-state index in [0.717, 1.165) is 36.2 Å². The number of anilines is 2. The van der Waals surface area contributed by atoms with Gasteiger partial charge in [-0.3, -0.25) is 10.1 Å². The average molecular weight is 490 g/mol. The number of aromatic nitrogens is 1. The maximum atomic E-state index is 13.5. The van der Waals surface area contributed by atoms with Crippen LogP contribution >= 0.6 is 11.3 Å². The van der Waals surface area contributed by atoms with Gasteiger partial charge in [0.1, 0.15) is 22.1 Å². The number of thiazole rings is 1. The van der Waals surface area contributed by atoms with E-state index >= 15 is 0 Å². The highest BCUT2D eigenvalue weighted by molar-refractivity contribution is 7.20. The second-order valence-corrected chi connectivity index (χ2v) is 10.3. The summed E-state index contributed by atoms with van der Waals surface area (Å²) < 4.78 is 18.9. The molecule has 1 aromatic heterocycles. The standard InChI is InChI=1S/C24H32FN5O3S/c1-24(2,29-22(32)26-18-6-4-3-5-7-18)21(31)28-23-27-19(16-8-10-17(25)11-9-16)20(34-23)30-12-14-33-15-13-30/h8-11,18H,3-7,12-15H2,1-2H3,(H2,26,29,32)(H,27,28,31). The van der Waals surface area contributed by atoms with Gasteiger partial charge in [-0.25, -0.2) is 14.2 Å². The SMILES string of the molecule is CC(C)(NC(=O)NC1CCCCC1)C(=O)Nc1nc(-c2ccc(F)cc2)c(N2CCOCC2)s1. The van der Waals surface area contributed by atoms with Crippen molar-refractivity contribution in [1.29, 1.82) is 0 Å². The minimum atomic E-state index is -1.14. The third kappa shape index (κ3) is 6.04. The van der Waals surface area contributed by atoms with E-state index in [1.807, 2.05) is 0 Å². The smallest absolute Gasteiger partial charge is 0.315 e. The first-order chi connectivity index (χ1) is 16.3. The molecule has 1 aromatic carbocycles. The van der Waals surface area contributed by atoms with E-state index in [-0.39, 0.29) is 23.8 Å². The Bertz CT molecular complexity index is 999. The van der Waals surface area contributed by atoms with Crippen LogP contribution in [0.1, 0.15) is 46.0 Å². The highest BCUT2D eigenvalue weighted by Gasteiger charge is 2.32. The van der Waals surface area contributed by atoms with Gasteiger partial charge in [-0.15, -0.1) is 0 Å². The Balaban J connectivity index is 1.47. The summed E-state index contributed by atoms with van der Waals surface area (Å²) in [5.74, 6) is -0.681. The Morgan fingerprint density at radius 3 is 2.47 bits per heavy atom. The largest absolute Gasteiger partial charge is 0.378 e. The Labute approximate surface area is 203 Å². The maximum absolute atomic E-state index is 13.5. The highest BCUT2D eigenvalue weighted by atomic mass is 32.1. The summed E-state index contributed by atoms with van der Waals surface area (Å²) in [7, 11) is 0. The minimum Gasteiger partial charge on any atom is -0.378 e. The van der Waals surface area contributed by atoms with E-state index in [4.69, 9.17) is 4.74 Å². The molecule has 0 radical (unpaired) electrons. The van der Waals surface area contributed by atoms with Crippen LogP contribution < -0.4 is 20.9 Å². The van der Waals surface area contributed by atoms with Crippen LogP contribution in [0.25, 0.3) is 11.3 Å². The van der Waals surface area contributed by atoms with Crippen LogP contribution in [0.15, 0.2) is 24.3 Å². The lowest BCUT2D eigenvalue weighted by Crippen LogP contribution is -2.56. The highest BCUT2D eigenvalue weighted by Crippen LogP contribution is 2.39. The summed E-state index contributed by atoms with van der Waals surface area (Å²) in [4.78, 5) is 32.4. The molecular weight excluding hydrogens is 457 g/mol. The number of morpholine rings is 1. The summed E-state index contributed by atoms with van der Waals surface area (Å²) in [5, 5.41) is 9.96. The number of benzene rings is 1. The molecule has 8 nitrogen and oxygen atoms in total. The molecule has 184 valence electrons. The van der Waals surface area contributed by atoms with Crippen LogP contribution in [0.5, 0.6) is 0 Å². The predicted molar refractivity (Wildman–Crippen MR) is 132 cm³/mol. The topological polar surface area (TPSA) is 95.6 Å². The van der Waals surface area contributed by atoms with Crippen molar-refractivity contribution in [2.45, 2.75) is 57.5 Å². The van der Waals surface area contributed by atoms with Gasteiger partial charge in [-0.2, -0.15) is 0 Å². The number of ether oxygens (including phenoxy) is 1. The number of carbonyl (C=O) groups excluding carboxylic acids is 2. The van der Waals surface area contributed by atoms with Crippen LogP contribution in [0.4, 0.5) is 19.3 Å². The first-order valence-corrected chi connectivity index (χ1v) is 12.6. The van der Waals surface area contributed by atoms with Crippen LogP contribution in [0.2, 0.25) is 0 Å². The Morgan fingerprint density at radius 1 is 1.12 bits per heavy atom. The van der Waals surface area contributed by atoms with E-state index < -0.39 is 5.54 Å². The van der Waals surface area contributed by atoms with Gasteiger partial charge in [-0.1, -0.05) is 30.6 Å². The molecule has 1 saturated heterocycles. The second kappa shape index (κ2) is 10.7. The summed E-state index contributed by atoms with van der Waals surface area (Å²) in [6.45, 7) is 5.96. The number of hydrogen-bond donors (Lipinski definition) is 3. The van der Waals surface area contributed by atoms with Gasteiger partial charge in [0.15, 0.2) is 5.13 Å². The molecular formula is C24H32FN5O3S. The number of amides is 3. The van der Waals surface area contributed by atoms with Crippen molar-refractivity contribution in [3.63, 3.8) is 0 Å². The molecule has 10 heteroatoms. The molecule has 0 atom stereocenters. The number of nitrogens with one attached hydrogen (secondary N) is 3. The van der Waals surface area contributed by atoms with Crippen molar-refractivity contribution in [2.24, 2.45) is 0 Å². The van der Waals surface area contributed by atoms with Crippen molar-refractivity contribution >= 4 is 33.4 Å². The lowest BCUT2D eigenvalue weighted by atomic mass is 9.95. The van der Waals surface area contributed by atoms with E-state index in [9.17, 15) is 14.0 Å². The minimum absolute atomic E-state index is 0.154. The van der Waals surface area contributed by atoms with Crippen LogP contribution in [-0.2, 0) is 9.53 Å². The average Bonchev–Trinajstić information content (AvgIpc) is 3.24. The van der Waals surface area contributed by atoms with Crippen molar-refractivity contribution in [3.05, 3.63) is 30.1 Å². The van der Waals surface area contributed by atoms with Gasteiger partial charge in [-0.05, 0) is 51.0 Å². The molecule has 2 aliphatic rings. The van der Waals surface area contributed by atoms with E-state index in [1.165, 1.54) is 29.9 Å². The zero-order chi connectivity index (χ0) is 24.1. The molecule has 1 aliphatic carbocycles. The van der Waals surface area contributed by atoms with Crippen molar-refractivity contribution in [2.75, 3.05) is 36.5 Å². The zero-order valence-electron chi connectivity index (χ0n) is 19.7. The van der Waals surface area contributed by atoms with Crippen molar-refractivity contribution in [1.82, 2.24) is 15.6 Å². The maximum Gasteiger partial charge on any atom is 0.315 e. The summed E-state index contributed by atoms with van der Waals surface area (Å²) in [6.07, 6.45) is 5.36. The molecule has 4 rings (SSSR count). The predicted octanol–water partition coefficient (Wildman–Crippen LogP) is 4.13. The van der Waals surface area contributed by atoms with E-state index in [2.05, 4.69) is 25.8 Å². The number of nitrogens with zero attached hydrogens (tertiary/aromatic N) is 2.